The normalized spacial score (nSPS) is 18.0. The minimum atomic E-state index is -0.578. The molecular formula is C17H16N2O2. The highest BCUT2D eigenvalue weighted by Crippen LogP contribution is 2.40. The number of para-hydroxylation sites is 1. The van der Waals surface area contributed by atoms with Gasteiger partial charge in [-0.05, 0) is 17.2 Å². The summed E-state index contributed by atoms with van der Waals surface area (Å²) in [7, 11) is 0. The molecule has 106 valence electrons. The molecule has 0 bridgehead atoms. The Hall–Kier alpha value is -2.62. The summed E-state index contributed by atoms with van der Waals surface area (Å²) < 4.78 is 0. The van der Waals surface area contributed by atoms with Crippen LogP contribution in [0.25, 0.3) is 11.1 Å². The summed E-state index contributed by atoms with van der Waals surface area (Å²) in [5.74, 6) is -1.82. The summed E-state index contributed by atoms with van der Waals surface area (Å²) in [6.45, 7) is 1.69. The second-order valence-corrected chi connectivity index (χ2v) is 5.29. The average Bonchev–Trinajstić information content (AvgIpc) is 2.60. The van der Waals surface area contributed by atoms with Crippen LogP contribution in [0.15, 0.2) is 48.5 Å². The van der Waals surface area contributed by atoms with Crippen molar-refractivity contribution in [2.24, 2.45) is 11.7 Å². The molecule has 4 heteroatoms. The van der Waals surface area contributed by atoms with Gasteiger partial charge in [-0.3, -0.25) is 9.59 Å². The molecule has 1 aliphatic heterocycles. The van der Waals surface area contributed by atoms with Crippen LogP contribution < -0.4 is 11.1 Å². The highest BCUT2D eigenvalue weighted by molar-refractivity contribution is 6.05. The predicted molar refractivity (Wildman–Crippen MR) is 81.6 cm³/mol. The topological polar surface area (TPSA) is 72.2 Å². The van der Waals surface area contributed by atoms with E-state index in [9.17, 15) is 9.59 Å². The lowest BCUT2D eigenvalue weighted by molar-refractivity contribution is -0.127. The predicted octanol–water partition coefficient (Wildman–Crippen LogP) is 2.51. The lowest BCUT2D eigenvalue weighted by atomic mass is 9.83. The molecule has 4 nitrogen and oxygen atoms in total. The molecule has 0 radical (unpaired) electrons. The molecule has 3 N–H and O–H groups in total. The molecule has 1 aliphatic rings. The maximum absolute atomic E-state index is 12.6. The summed E-state index contributed by atoms with van der Waals surface area (Å²) in [4.78, 5) is 24.1. The van der Waals surface area contributed by atoms with Crippen LogP contribution in [-0.2, 0) is 9.59 Å². The highest BCUT2D eigenvalue weighted by Gasteiger charge is 2.34. The van der Waals surface area contributed by atoms with E-state index in [1.165, 1.54) is 0 Å². The fourth-order valence-corrected chi connectivity index (χ4v) is 2.85. The third-order valence-corrected chi connectivity index (χ3v) is 4.00. The molecule has 1 unspecified atom stereocenters. The SMILES string of the molecule is CC(C(N)=O)[C@@H]1C(=O)Nc2ccccc2-c2ccccc21. The smallest absolute Gasteiger partial charge is 0.232 e. The van der Waals surface area contributed by atoms with Gasteiger partial charge in [0.05, 0.1) is 11.8 Å². The summed E-state index contributed by atoms with van der Waals surface area (Å²) in [6, 6.07) is 15.3. The van der Waals surface area contributed by atoms with Gasteiger partial charge in [0.25, 0.3) is 0 Å². The zero-order valence-corrected chi connectivity index (χ0v) is 11.7. The van der Waals surface area contributed by atoms with Crippen molar-refractivity contribution in [2.45, 2.75) is 12.8 Å². The lowest BCUT2D eigenvalue weighted by Crippen LogP contribution is -2.33. The molecule has 0 aliphatic carbocycles. The molecule has 2 aromatic carbocycles. The number of primary amides is 1. The van der Waals surface area contributed by atoms with E-state index in [2.05, 4.69) is 5.32 Å². The summed E-state index contributed by atoms with van der Waals surface area (Å²) in [5.41, 5.74) is 8.94. The van der Waals surface area contributed by atoms with E-state index in [1.54, 1.807) is 6.92 Å². The minimum absolute atomic E-state index is 0.196. The molecule has 2 atom stereocenters. The number of amides is 2. The van der Waals surface area contributed by atoms with Crippen LogP contribution in [0.3, 0.4) is 0 Å². The monoisotopic (exact) mass is 280 g/mol. The third-order valence-electron chi connectivity index (χ3n) is 4.00. The first kappa shape index (κ1) is 13.4. The van der Waals surface area contributed by atoms with Crippen LogP contribution in [0.2, 0.25) is 0 Å². The Kier molecular flexibility index (Phi) is 3.22. The van der Waals surface area contributed by atoms with Crippen molar-refractivity contribution in [3.8, 4) is 11.1 Å². The molecule has 2 aromatic rings. The molecule has 21 heavy (non-hydrogen) atoms. The Morgan fingerprint density at radius 3 is 2.43 bits per heavy atom. The van der Waals surface area contributed by atoms with Crippen molar-refractivity contribution >= 4 is 17.5 Å². The number of hydrogen-bond donors (Lipinski definition) is 2. The first-order chi connectivity index (χ1) is 10.1. The van der Waals surface area contributed by atoms with Gasteiger partial charge in [0.2, 0.25) is 11.8 Å². The molecular weight excluding hydrogens is 264 g/mol. The van der Waals surface area contributed by atoms with Gasteiger partial charge in [0.1, 0.15) is 0 Å². The fraction of sp³-hybridized carbons (Fsp3) is 0.176. The van der Waals surface area contributed by atoms with E-state index in [4.69, 9.17) is 5.73 Å². The van der Waals surface area contributed by atoms with E-state index in [-0.39, 0.29) is 5.91 Å². The Bertz CT molecular complexity index is 724. The number of hydrogen-bond acceptors (Lipinski definition) is 2. The van der Waals surface area contributed by atoms with Crippen LogP contribution in [0.5, 0.6) is 0 Å². The number of nitrogens with one attached hydrogen (secondary N) is 1. The van der Waals surface area contributed by atoms with Crippen LogP contribution >= 0.6 is 0 Å². The number of carbonyl (C=O) groups is 2. The number of anilines is 1. The van der Waals surface area contributed by atoms with Gasteiger partial charge in [-0.2, -0.15) is 0 Å². The van der Waals surface area contributed by atoms with Crippen LogP contribution in [0.4, 0.5) is 5.69 Å². The Labute approximate surface area is 123 Å². The Morgan fingerprint density at radius 2 is 1.71 bits per heavy atom. The second kappa shape index (κ2) is 5.05. The van der Waals surface area contributed by atoms with E-state index in [1.807, 2.05) is 48.5 Å². The number of benzene rings is 2. The maximum atomic E-state index is 12.6. The van der Waals surface area contributed by atoms with Crippen molar-refractivity contribution in [1.82, 2.24) is 0 Å². The standard InChI is InChI=1S/C17H16N2O2/c1-10(16(18)20)15-13-8-3-2-6-11(13)12-7-4-5-9-14(12)19-17(15)21/h2-10,15H,1H3,(H2,18,20)(H,19,21)/t10?,15-/m0/s1. The molecule has 3 rings (SSSR count). The number of fused-ring (bicyclic) bond motifs is 3. The molecule has 2 amide bonds. The van der Waals surface area contributed by atoms with Crippen molar-refractivity contribution in [3.05, 3.63) is 54.1 Å². The fourth-order valence-electron chi connectivity index (χ4n) is 2.85. The second-order valence-electron chi connectivity index (χ2n) is 5.29. The van der Waals surface area contributed by atoms with Gasteiger partial charge in [0, 0.05) is 11.3 Å². The third kappa shape index (κ3) is 2.18. The van der Waals surface area contributed by atoms with Gasteiger partial charge in [-0.25, -0.2) is 0 Å². The molecule has 1 heterocycles. The molecule has 0 saturated heterocycles. The number of nitrogens with two attached hydrogens (primary N) is 1. The van der Waals surface area contributed by atoms with Gasteiger partial charge in [0.15, 0.2) is 0 Å². The van der Waals surface area contributed by atoms with Crippen molar-refractivity contribution in [2.75, 3.05) is 5.32 Å². The largest absolute Gasteiger partial charge is 0.369 e. The van der Waals surface area contributed by atoms with Gasteiger partial charge in [-0.1, -0.05) is 49.4 Å². The summed E-state index contributed by atoms with van der Waals surface area (Å²) >= 11 is 0. The average molecular weight is 280 g/mol. The van der Waals surface area contributed by atoms with E-state index < -0.39 is 17.7 Å². The van der Waals surface area contributed by atoms with Gasteiger partial charge in [-0.15, -0.1) is 0 Å². The lowest BCUT2D eigenvalue weighted by Gasteiger charge is -2.20. The van der Waals surface area contributed by atoms with Gasteiger partial charge < -0.3 is 11.1 Å². The molecule has 0 saturated carbocycles. The van der Waals surface area contributed by atoms with Crippen LogP contribution in [0.1, 0.15) is 18.4 Å². The van der Waals surface area contributed by atoms with Crippen LogP contribution in [-0.4, -0.2) is 11.8 Å². The van der Waals surface area contributed by atoms with Crippen molar-refractivity contribution in [3.63, 3.8) is 0 Å². The summed E-state index contributed by atoms with van der Waals surface area (Å²) in [5, 5.41) is 2.91. The molecule has 0 aromatic heterocycles. The molecule has 0 spiro atoms. The maximum Gasteiger partial charge on any atom is 0.232 e. The van der Waals surface area contributed by atoms with Crippen molar-refractivity contribution < 1.29 is 9.59 Å². The molecule has 0 fully saturated rings. The van der Waals surface area contributed by atoms with Crippen molar-refractivity contribution in [1.29, 1.82) is 0 Å². The number of carbonyl (C=O) groups excluding carboxylic acids is 2. The zero-order valence-electron chi connectivity index (χ0n) is 11.7. The zero-order chi connectivity index (χ0) is 15.0. The van der Waals surface area contributed by atoms with Crippen LogP contribution in [0, 0.1) is 5.92 Å². The minimum Gasteiger partial charge on any atom is -0.369 e. The summed E-state index contributed by atoms with van der Waals surface area (Å²) in [6.07, 6.45) is 0. The number of rotatable bonds is 2. The first-order valence-electron chi connectivity index (χ1n) is 6.88. The van der Waals surface area contributed by atoms with Gasteiger partial charge >= 0.3 is 0 Å². The highest BCUT2D eigenvalue weighted by atomic mass is 16.2. The quantitative estimate of drug-likeness (QED) is 0.887. The Balaban J connectivity index is 2.25. The van der Waals surface area contributed by atoms with E-state index in [0.29, 0.717) is 0 Å². The first-order valence-corrected chi connectivity index (χ1v) is 6.88. The van der Waals surface area contributed by atoms with E-state index in [0.717, 1.165) is 22.4 Å². The Morgan fingerprint density at radius 1 is 1.10 bits per heavy atom. The van der Waals surface area contributed by atoms with E-state index >= 15 is 0 Å².